The summed E-state index contributed by atoms with van der Waals surface area (Å²) in [5.74, 6) is 0.554. The van der Waals surface area contributed by atoms with Crippen LogP contribution in [0, 0.1) is 6.92 Å². The SMILES string of the molecule is Cc1cc(-c2nccs2)nc(C2CCCN2S(=O)(=O)N(C)C)n1. The first-order valence-electron chi connectivity index (χ1n) is 7.34. The molecule has 7 nitrogen and oxygen atoms in total. The van der Waals surface area contributed by atoms with E-state index in [1.165, 1.54) is 19.9 Å². The third-order valence-electron chi connectivity index (χ3n) is 3.78. The van der Waals surface area contributed by atoms with Crippen LogP contribution in [0.3, 0.4) is 0 Å². The van der Waals surface area contributed by atoms with E-state index < -0.39 is 10.2 Å². The van der Waals surface area contributed by atoms with Crippen LogP contribution < -0.4 is 0 Å². The largest absolute Gasteiger partial charge is 0.282 e. The fourth-order valence-corrected chi connectivity index (χ4v) is 4.58. The summed E-state index contributed by atoms with van der Waals surface area (Å²) in [6, 6.07) is 1.56. The van der Waals surface area contributed by atoms with Gasteiger partial charge in [-0.05, 0) is 25.8 Å². The van der Waals surface area contributed by atoms with Crippen molar-refractivity contribution in [3.63, 3.8) is 0 Å². The van der Waals surface area contributed by atoms with E-state index in [1.54, 1.807) is 20.3 Å². The van der Waals surface area contributed by atoms with Crippen LogP contribution in [0.2, 0.25) is 0 Å². The first-order valence-corrected chi connectivity index (χ1v) is 9.62. The van der Waals surface area contributed by atoms with Crippen LogP contribution in [0.4, 0.5) is 0 Å². The number of aryl methyl sites for hydroxylation is 1. The quantitative estimate of drug-likeness (QED) is 0.838. The molecule has 9 heteroatoms. The Bertz CT molecular complexity index is 790. The van der Waals surface area contributed by atoms with E-state index in [4.69, 9.17) is 0 Å². The maximum Gasteiger partial charge on any atom is 0.282 e. The monoisotopic (exact) mass is 353 g/mol. The van der Waals surface area contributed by atoms with Gasteiger partial charge in [0.25, 0.3) is 10.2 Å². The second-order valence-corrected chi connectivity index (χ2v) is 8.64. The van der Waals surface area contributed by atoms with Crippen molar-refractivity contribution in [3.05, 3.63) is 29.2 Å². The van der Waals surface area contributed by atoms with E-state index in [0.29, 0.717) is 12.4 Å². The Morgan fingerprint density at radius 2 is 2.13 bits per heavy atom. The molecule has 0 N–H and O–H groups in total. The highest BCUT2D eigenvalue weighted by atomic mass is 32.2. The van der Waals surface area contributed by atoms with E-state index >= 15 is 0 Å². The fourth-order valence-electron chi connectivity index (χ4n) is 2.68. The molecule has 0 amide bonds. The molecule has 3 rings (SSSR count). The lowest BCUT2D eigenvalue weighted by Crippen LogP contribution is -2.40. The van der Waals surface area contributed by atoms with Crippen LogP contribution in [0.25, 0.3) is 10.7 Å². The lowest BCUT2D eigenvalue weighted by Gasteiger charge is -2.26. The van der Waals surface area contributed by atoms with Gasteiger partial charge in [-0.1, -0.05) is 0 Å². The molecular formula is C14H19N5O2S2. The van der Waals surface area contributed by atoms with Crippen molar-refractivity contribution in [1.29, 1.82) is 0 Å². The lowest BCUT2D eigenvalue weighted by atomic mass is 10.2. The molecule has 3 heterocycles. The maximum atomic E-state index is 12.5. The van der Waals surface area contributed by atoms with Gasteiger partial charge in [0.05, 0.1) is 6.04 Å². The van der Waals surface area contributed by atoms with Crippen LogP contribution in [-0.4, -0.2) is 52.6 Å². The Morgan fingerprint density at radius 1 is 1.35 bits per heavy atom. The van der Waals surface area contributed by atoms with Gasteiger partial charge in [0, 0.05) is 37.9 Å². The minimum Gasteiger partial charge on any atom is -0.243 e. The molecule has 2 aromatic rings. The number of rotatable bonds is 4. The predicted octanol–water partition coefficient (Wildman–Crippen LogP) is 1.85. The van der Waals surface area contributed by atoms with Gasteiger partial charge >= 0.3 is 0 Å². The van der Waals surface area contributed by atoms with Gasteiger partial charge in [0.15, 0.2) is 0 Å². The van der Waals surface area contributed by atoms with E-state index in [9.17, 15) is 8.42 Å². The molecule has 1 unspecified atom stereocenters. The topological polar surface area (TPSA) is 79.3 Å². The summed E-state index contributed by atoms with van der Waals surface area (Å²) in [7, 11) is -0.391. The zero-order chi connectivity index (χ0) is 16.6. The summed E-state index contributed by atoms with van der Waals surface area (Å²) in [4.78, 5) is 13.4. The first kappa shape index (κ1) is 16.4. The summed E-state index contributed by atoms with van der Waals surface area (Å²) in [5, 5.41) is 2.71. The highest BCUT2D eigenvalue weighted by Crippen LogP contribution is 2.34. The summed E-state index contributed by atoms with van der Waals surface area (Å²) in [6.45, 7) is 2.39. The van der Waals surface area contributed by atoms with Crippen LogP contribution in [0.5, 0.6) is 0 Å². The molecule has 1 fully saturated rings. The van der Waals surface area contributed by atoms with Crippen molar-refractivity contribution in [2.75, 3.05) is 20.6 Å². The summed E-state index contributed by atoms with van der Waals surface area (Å²) in [5.41, 5.74) is 1.56. The number of hydrogen-bond acceptors (Lipinski definition) is 6. The Kier molecular flexibility index (Phi) is 4.45. The number of hydrogen-bond donors (Lipinski definition) is 0. The highest BCUT2D eigenvalue weighted by Gasteiger charge is 2.38. The van der Waals surface area contributed by atoms with Gasteiger partial charge in [-0.25, -0.2) is 15.0 Å². The molecule has 1 aliphatic rings. The Balaban J connectivity index is 2.01. The fraction of sp³-hybridized carbons (Fsp3) is 0.500. The second-order valence-electron chi connectivity index (χ2n) is 5.65. The van der Waals surface area contributed by atoms with Gasteiger partial charge in [0.1, 0.15) is 16.5 Å². The van der Waals surface area contributed by atoms with E-state index in [-0.39, 0.29) is 6.04 Å². The minimum atomic E-state index is -3.48. The van der Waals surface area contributed by atoms with Crippen molar-refractivity contribution in [3.8, 4) is 10.7 Å². The normalized spacial score (nSPS) is 19.6. The van der Waals surface area contributed by atoms with Crippen molar-refractivity contribution in [2.24, 2.45) is 0 Å². The van der Waals surface area contributed by atoms with Crippen LogP contribution in [0.1, 0.15) is 30.4 Å². The molecule has 2 aromatic heterocycles. The van der Waals surface area contributed by atoms with Gasteiger partial charge in [0.2, 0.25) is 0 Å². The van der Waals surface area contributed by atoms with Crippen LogP contribution in [0.15, 0.2) is 17.6 Å². The molecule has 1 atom stereocenters. The third-order valence-corrected chi connectivity index (χ3v) is 6.53. The number of nitrogens with zero attached hydrogens (tertiary/aromatic N) is 5. The molecule has 0 spiro atoms. The van der Waals surface area contributed by atoms with Crippen LogP contribution in [-0.2, 0) is 10.2 Å². The highest BCUT2D eigenvalue weighted by molar-refractivity contribution is 7.86. The molecule has 0 saturated carbocycles. The Hall–Kier alpha value is -1.42. The molecule has 0 bridgehead atoms. The van der Waals surface area contributed by atoms with Crippen molar-refractivity contribution in [2.45, 2.75) is 25.8 Å². The summed E-state index contributed by atoms with van der Waals surface area (Å²) >= 11 is 1.51. The van der Waals surface area contributed by atoms with Crippen molar-refractivity contribution < 1.29 is 8.42 Å². The zero-order valence-corrected chi connectivity index (χ0v) is 14.9. The van der Waals surface area contributed by atoms with E-state index in [0.717, 1.165) is 29.2 Å². The molecule has 124 valence electrons. The van der Waals surface area contributed by atoms with E-state index in [1.807, 2.05) is 18.4 Å². The smallest absolute Gasteiger partial charge is 0.243 e. The Morgan fingerprint density at radius 3 is 2.78 bits per heavy atom. The molecule has 0 aliphatic carbocycles. The van der Waals surface area contributed by atoms with Gasteiger partial charge < -0.3 is 0 Å². The first-order chi connectivity index (χ1) is 10.9. The molecule has 1 aliphatic heterocycles. The lowest BCUT2D eigenvalue weighted by molar-refractivity contribution is 0.352. The predicted molar refractivity (Wildman–Crippen MR) is 89.2 cm³/mol. The van der Waals surface area contributed by atoms with E-state index in [2.05, 4.69) is 15.0 Å². The number of thiazole rings is 1. The summed E-state index contributed by atoms with van der Waals surface area (Å²) in [6.07, 6.45) is 3.27. The van der Waals surface area contributed by atoms with Gasteiger partial charge in [-0.2, -0.15) is 17.0 Å². The number of aromatic nitrogens is 3. The second kappa shape index (κ2) is 6.23. The standard InChI is InChI=1S/C14H19N5O2S2/c1-10-9-11(14-15-6-8-22-14)17-13(16-10)12-5-4-7-19(12)23(20,21)18(2)3/h6,8-9,12H,4-5,7H2,1-3H3. The van der Waals surface area contributed by atoms with Gasteiger partial charge in [-0.3, -0.25) is 0 Å². The maximum absolute atomic E-state index is 12.5. The molecular weight excluding hydrogens is 334 g/mol. The average Bonchev–Trinajstić information content (AvgIpc) is 3.18. The van der Waals surface area contributed by atoms with Gasteiger partial charge in [-0.15, -0.1) is 11.3 Å². The average molecular weight is 353 g/mol. The Labute approximate surface area is 140 Å². The third kappa shape index (κ3) is 3.14. The summed E-state index contributed by atoms with van der Waals surface area (Å²) < 4.78 is 27.7. The van der Waals surface area contributed by atoms with Crippen molar-refractivity contribution >= 4 is 21.5 Å². The van der Waals surface area contributed by atoms with Crippen molar-refractivity contribution in [1.82, 2.24) is 23.6 Å². The molecule has 23 heavy (non-hydrogen) atoms. The molecule has 0 radical (unpaired) electrons. The molecule has 0 aromatic carbocycles. The van der Waals surface area contributed by atoms with Crippen LogP contribution >= 0.6 is 11.3 Å². The molecule has 1 saturated heterocycles. The minimum absolute atomic E-state index is 0.319. The zero-order valence-electron chi connectivity index (χ0n) is 13.3.